The predicted octanol–water partition coefficient (Wildman–Crippen LogP) is 0.924. The Morgan fingerprint density at radius 3 is 2.72 bits per heavy atom. The second kappa shape index (κ2) is 5.36. The summed E-state index contributed by atoms with van der Waals surface area (Å²) in [7, 11) is 0. The number of benzene rings is 1. The zero-order valence-electron chi connectivity index (χ0n) is 8.85. The molecule has 9 heteroatoms. The molecular formula is C9H7BrN6O2. The standard InChI is InChI=1S/C9H7BrN6O2/c10-6-4-2-1-3-5(6)7(17)11-9(18)12-8-13-15-16-14-8/h1-4H,(H3,11,12,13,14,15,16,17,18). The molecule has 92 valence electrons. The highest BCUT2D eigenvalue weighted by atomic mass is 79.9. The van der Waals surface area contributed by atoms with Gasteiger partial charge in [-0.2, -0.15) is 5.21 Å². The average molecular weight is 311 g/mol. The number of carbonyl (C=O) groups excluding carboxylic acids is 2. The second-order valence-corrected chi connectivity index (χ2v) is 3.98. The highest BCUT2D eigenvalue weighted by Gasteiger charge is 2.13. The molecule has 8 nitrogen and oxygen atoms in total. The Labute approximate surface area is 109 Å². The van der Waals surface area contributed by atoms with E-state index in [9.17, 15) is 9.59 Å². The lowest BCUT2D eigenvalue weighted by atomic mass is 10.2. The fraction of sp³-hybridized carbons (Fsp3) is 0. The van der Waals surface area contributed by atoms with E-state index in [2.05, 4.69) is 47.2 Å². The van der Waals surface area contributed by atoms with Gasteiger partial charge in [0.15, 0.2) is 0 Å². The number of imide groups is 1. The van der Waals surface area contributed by atoms with Crippen LogP contribution in [-0.4, -0.2) is 32.6 Å². The van der Waals surface area contributed by atoms with Gasteiger partial charge >= 0.3 is 6.03 Å². The van der Waals surface area contributed by atoms with Gasteiger partial charge in [-0.3, -0.25) is 15.4 Å². The first kappa shape index (κ1) is 12.2. The van der Waals surface area contributed by atoms with E-state index in [1.165, 1.54) is 0 Å². The van der Waals surface area contributed by atoms with E-state index in [1.807, 2.05) is 0 Å². The molecular weight excluding hydrogens is 304 g/mol. The van der Waals surface area contributed by atoms with Crippen LogP contribution in [-0.2, 0) is 0 Å². The minimum Gasteiger partial charge on any atom is -0.274 e. The van der Waals surface area contributed by atoms with Crippen LogP contribution in [0, 0.1) is 0 Å². The smallest absolute Gasteiger partial charge is 0.274 e. The largest absolute Gasteiger partial charge is 0.328 e. The van der Waals surface area contributed by atoms with Gasteiger partial charge < -0.3 is 0 Å². The lowest BCUT2D eigenvalue weighted by Crippen LogP contribution is -2.34. The fourth-order valence-corrected chi connectivity index (χ4v) is 1.63. The van der Waals surface area contributed by atoms with Crippen molar-refractivity contribution < 1.29 is 9.59 Å². The highest BCUT2D eigenvalue weighted by molar-refractivity contribution is 9.10. The number of H-pyrrole nitrogens is 1. The van der Waals surface area contributed by atoms with Gasteiger partial charge in [0, 0.05) is 4.47 Å². The number of carbonyl (C=O) groups is 2. The summed E-state index contributed by atoms with van der Waals surface area (Å²) in [5.74, 6) is -0.559. The third-order valence-corrected chi connectivity index (χ3v) is 2.61. The molecule has 2 rings (SSSR count). The number of rotatable bonds is 2. The SMILES string of the molecule is O=C(NC(=O)c1ccccc1Br)Nc1nn[nH]n1. The molecule has 2 aromatic rings. The molecule has 3 amide bonds. The van der Waals surface area contributed by atoms with Crippen molar-refractivity contribution in [2.45, 2.75) is 0 Å². The number of hydrogen-bond acceptors (Lipinski definition) is 5. The molecule has 0 radical (unpaired) electrons. The predicted molar refractivity (Wildman–Crippen MR) is 64.8 cm³/mol. The zero-order chi connectivity index (χ0) is 13.0. The van der Waals surface area contributed by atoms with E-state index in [4.69, 9.17) is 0 Å². The van der Waals surface area contributed by atoms with Crippen molar-refractivity contribution in [3.63, 3.8) is 0 Å². The van der Waals surface area contributed by atoms with Crippen LogP contribution >= 0.6 is 15.9 Å². The summed E-state index contributed by atoms with van der Waals surface area (Å²) >= 11 is 3.22. The van der Waals surface area contributed by atoms with Crippen molar-refractivity contribution >= 4 is 33.8 Å². The number of urea groups is 1. The summed E-state index contributed by atoms with van der Waals surface area (Å²) in [5, 5.41) is 16.8. The molecule has 1 aromatic heterocycles. The van der Waals surface area contributed by atoms with Crippen molar-refractivity contribution in [2.75, 3.05) is 5.32 Å². The molecule has 0 unspecified atom stereocenters. The first-order chi connectivity index (χ1) is 8.66. The number of nitrogens with zero attached hydrogens (tertiary/aromatic N) is 3. The Morgan fingerprint density at radius 2 is 2.06 bits per heavy atom. The Morgan fingerprint density at radius 1 is 1.28 bits per heavy atom. The summed E-state index contributed by atoms with van der Waals surface area (Å²) < 4.78 is 0.592. The molecule has 0 aliphatic heterocycles. The Bertz CT molecular complexity index is 570. The highest BCUT2D eigenvalue weighted by Crippen LogP contribution is 2.15. The first-order valence-electron chi connectivity index (χ1n) is 4.77. The Hall–Kier alpha value is -2.29. The number of amides is 3. The van der Waals surface area contributed by atoms with Crippen LogP contribution in [0.3, 0.4) is 0 Å². The Kier molecular flexibility index (Phi) is 3.63. The van der Waals surface area contributed by atoms with Crippen LogP contribution < -0.4 is 10.6 Å². The van der Waals surface area contributed by atoms with Crippen LogP contribution in [0.4, 0.5) is 10.7 Å². The molecule has 0 saturated heterocycles. The van der Waals surface area contributed by atoms with Gasteiger partial charge in [-0.05, 0) is 33.3 Å². The number of anilines is 1. The van der Waals surface area contributed by atoms with Gasteiger partial charge in [-0.1, -0.05) is 17.2 Å². The van der Waals surface area contributed by atoms with Crippen molar-refractivity contribution in [3.8, 4) is 0 Å². The minimum absolute atomic E-state index is 0.0209. The van der Waals surface area contributed by atoms with Gasteiger partial charge in [0.25, 0.3) is 11.9 Å². The maximum atomic E-state index is 11.7. The maximum Gasteiger partial charge on any atom is 0.328 e. The summed E-state index contributed by atoms with van der Waals surface area (Å²) in [6.45, 7) is 0. The van der Waals surface area contributed by atoms with Gasteiger partial charge in [-0.15, -0.1) is 5.10 Å². The normalized spacial score (nSPS) is 9.83. The number of aromatic amines is 1. The molecule has 1 aromatic carbocycles. The lowest BCUT2D eigenvalue weighted by Gasteiger charge is -2.05. The van der Waals surface area contributed by atoms with E-state index >= 15 is 0 Å². The molecule has 0 aliphatic rings. The first-order valence-corrected chi connectivity index (χ1v) is 5.56. The number of aromatic nitrogens is 4. The van der Waals surface area contributed by atoms with Crippen molar-refractivity contribution in [2.24, 2.45) is 0 Å². The molecule has 0 spiro atoms. The second-order valence-electron chi connectivity index (χ2n) is 3.12. The average Bonchev–Trinajstić information content (AvgIpc) is 2.82. The van der Waals surface area contributed by atoms with Crippen LogP contribution in [0.1, 0.15) is 10.4 Å². The van der Waals surface area contributed by atoms with E-state index < -0.39 is 11.9 Å². The summed E-state index contributed by atoms with van der Waals surface area (Å²) in [6, 6.07) is 6.00. The molecule has 0 fully saturated rings. The third kappa shape index (κ3) is 2.88. The number of hydrogen-bond donors (Lipinski definition) is 3. The number of nitrogens with one attached hydrogen (secondary N) is 3. The van der Waals surface area contributed by atoms with Crippen molar-refractivity contribution in [1.82, 2.24) is 25.9 Å². The topological polar surface area (TPSA) is 113 Å². The van der Waals surface area contributed by atoms with Gasteiger partial charge in [0.05, 0.1) is 5.56 Å². The summed E-state index contributed by atoms with van der Waals surface area (Å²) in [6.07, 6.45) is 0. The summed E-state index contributed by atoms with van der Waals surface area (Å²) in [5.41, 5.74) is 0.348. The number of tetrazole rings is 1. The molecule has 0 atom stereocenters. The van der Waals surface area contributed by atoms with E-state index in [-0.39, 0.29) is 5.95 Å². The van der Waals surface area contributed by atoms with Crippen LogP contribution in [0.25, 0.3) is 0 Å². The van der Waals surface area contributed by atoms with Crippen molar-refractivity contribution in [1.29, 1.82) is 0 Å². The minimum atomic E-state index is -0.739. The van der Waals surface area contributed by atoms with E-state index in [0.717, 1.165) is 0 Å². The van der Waals surface area contributed by atoms with Gasteiger partial charge in [0.1, 0.15) is 0 Å². The van der Waals surface area contributed by atoms with Crippen LogP contribution in [0.15, 0.2) is 28.7 Å². The van der Waals surface area contributed by atoms with Crippen LogP contribution in [0.2, 0.25) is 0 Å². The molecule has 1 heterocycles. The van der Waals surface area contributed by atoms with Gasteiger partial charge in [0.2, 0.25) is 0 Å². The van der Waals surface area contributed by atoms with Gasteiger partial charge in [-0.25, -0.2) is 4.79 Å². The number of halogens is 1. The molecule has 0 saturated carbocycles. The maximum absolute atomic E-state index is 11.7. The third-order valence-electron chi connectivity index (χ3n) is 1.92. The Balaban J connectivity index is 2.00. The molecule has 0 bridgehead atoms. The zero-order valence-corrected chi connectivity index (χ0v) is 10.4. The van der Waals surface area contributed by atoms with E-state index in [0.29, 0.717) is 10.0 Å². The molecule has 18 heavy (non-hydrogen) atoms. The fourth-order valence-electron chi connectivity index (χ4n) is 1.16. The van der Waals surface area contributed by atoms with E-state index in [1.54, 1.807) is 24.3 Å². The molecule has 3 N–H and O–H groups in total. The summed E-state index contributed by atoms with van der Waals surface area (Å²) in [4.78, 5) is 23.2. The van der Waals surface area contributed by atoms with Crippen LogP contribution in [0.5, 0.6) is 0 Å². The quantitative estimate of drug-likeness (QED) is 0.763. The monoisotopic (exact) mass is 310 g/mol. The lowest BCUT2D eigenvalue weighted by molar-refractivity contribution is 0.0966. The van der Waals surface area contributed by atoms with Crippen molar-refractivity contribution in [3.05, 3.63) is 34.3 Å². The molecule has 0 aliphatic carbocycles.